The van der Waals surface area contributed by atoms with E-state index in [1.165, 1.54) is 5.39 Å². The van der Waals surface area contributed by atoms with Crippen LogP contribution in [0, 0.1) is 0 Å². The molecule has 8 heteroatoms. The highest BCUT2D eigenvalue weighted by atomic mass is 19.4. The SMILES string of the molecule is NC(N)=Nc1ccc2ccccc2c1.O=C(O)C(F)(F)F. The van der Waals surface area contributed by atoms with Crippen molar-refractivity contribution in [3.8, 4) is 0 Å². The average molecular weight is 299 g/mol. The zero-order chi connectivity index (χ0) is 16.0. The molecule has 0 bridgehead atoms. The van der Waals surface area contributed by atoms with Crippen LogP contribution in [0.3, 0.4) is 0 Å². The van der Waals surface area contributed by atoms with Crippen molar-refractivity contribution in [1.29, 1.82) is 0 Å². The molecule has 0 amide bonds. The fourth-order valence-corrected chi connectivity index (χ4v) is 1.40. The van der Waals surface area contributed by atoms with Gasteiger partial charge in [-0.1, -0.05) is 30.3 Å². The number of guanidine groups is 1. The van der Waals surface area contributed by atoms with E-state index in [4.69, 9.17) is 21.4 Å². The predicted molar refractivity (Wildman–Crippen MR) is 73.1 cm³/mol. The molecule has 2 aromatic carbocycles. The Kier molecular flexibility index (Phi) is 5.12. The number of halogens is 3. The molecule has 0 aliphatic heterocycles. The number of rotatable bonds is 1. The van der Waals surface area contributed by atoms with Gasteiger partial charge in [-0.05, 0) is 22.9 Å². The van der Waals surface area contributed by atoms with Gasteiger partial charge in [0, 0.05) is 0 Å². The van der Waals surface area contributed by atoms with Crippen molar-refractivity contribution in [2.75, 3.05) is 0 Å². The minimum atomic E-state index is -5.08. The molecule has 5 N–H and O–H groups in total. The molecular weight excluding hydrogens is 287 g/mol. The first-order chi connectivity index (χ1) is 9.70. The zero-order valence-corrected chi connectivity index (χ0v) is 10.6. The second-order valence-corrected chi connectivity index (χ2v) is 3.87. The van der Waals surface area contributed by atoms with E-state index in [0.717, 1.165) is 11.1 Å². The normalized spacial score (nSPS) is 10.4. The second-order valence-electron chi connectivity index (χ2n) is 3.87. The first-order valence-corrected chi connectivity index (χ1v) is 5.58. The third-order valence-electron chi connectivity index (χ3n) is 2.23. The van der Waals surface area contributed by atoms with Crippen molar-refractivity contribution in [3.63, 3.8) is 0 Å². The summed E-state index contributed by atoms with van der Waals surface area (Å²) in [6, 6.07) is 13.9. The van der Waals surface area contributed by atoms with Gasteiger partial charge in [0.25, 0.3) is 0 Å². The van der Waals surface area contributed by atoms with E-state index in [2.05, 4.69) is 11.1 Å². The van der Waals surface area contributed by atoms with E-state index in [9.17, 15) is 13.2 Å². The van der Waals surface area contributed by atoms with Crippen LogP contribution in [0.5, 0.6) is 0 Å². The van der Waals surface area contributed by atoms with Gasteiger partial charge in [-0.3, -0.25) is 0 Å². The first-order valence-electron chi connectivity index (χ1n) is 5.58. The number of hydrogen-bond acceptors (Lipinski definition) is 2. The Bertz CT molecular complexity index is 665. The van der Waals surface area contributed by atoms with Crippen LogP contribution in [-0.4, -0.2) is 23.2 Å². The summed E-state index contributed by atoms with van der Waals surface area (Å²) < 4.78 is 31.7. The van der Waals surface area contributed by atoms with Gasteiger partial charge >= 0.3 is 12.1 Å². The fraction of sp³-hybridized carbons (Fsp3) is 0.0769. The van der Waals surface area contributed by atoms with Crippen LogP contribution >= 0.6 is 0 Å². The predicted octanol–water partition coefficient (Wildman–Crippen LogP) is 2.38. The molecule has 0 unspecified atom stereocenters. The van der Waals surface area contributed by atoms with Gasteiger partial charge in [0.2, 0.25) is 0 Å². The van der Waals surface area contributed by atoms with Crippen LogP contribution in [0.25, 0.3) is 10.8 Å². The molecule has 0 atom stereocenters. The lowest BCUT2D eigenvalue weighted by Crippen LogP contribution is -2.21. The van der Waals surface area contributed by atoms with E-state index >= 15 is 0 Å². The van der Waals surface area contributed by atoms with Crippen LogP contribution in [0.1, 0.15) is 0 Å². The highest BCUT2D eigenvalue weighted by Crippen LogP contribution is 2.20. The summed E-state index contributed by atoms with van der Waals surface area (Å²) in [5.41, 5.74) is 11.4. The Morgan fingerprint density at radius 1 is 1.05 bits per heavy atom. The standard InChI is InChI=1S/C11H11N3.C2HF3O2/c12-11(13)14-10-6-5-8-3-1-2-4-9(8)7-10;3-2(4,5)1(6)7/h1-7H,(H4,12,13,14);(H,6,7). The monoisotopic (exact) mass is 299 g/mol. The van der Waals surface area contributed by atoms with Crippen molar-refractivity contribution in [3.05, 3.63) is 42.5 Å². The number of aliphatic carboxylic acids is 1. The quantitative estimate of drug-likeness (QED) is 0.555. The summed E-state index contributed by atoms with van der Waals surface area (Å²) in [7, 11) is 0. The molecule has 0 aliphatic carbocycles. The molecule has 0 saturated carbocycles. The third-order valence-corrected chi connectivity index (χ3v) is 2.23. The summed E-state index contributed by atoms with van der Waals surface area (Å²) in [6.07, 6.45) is -5.08. The number of carboxylic acid groups (broad SMARTS) is 1. The lowest BCUT2D eigenvalue weighted by molar-refractivity contribution is -0.192. The van der Waals surface area contributed by atoms with E-state index in [-0.39, 0.29) is 5.96 Å². The molecule has 0 aliphatic rings. The Hall–Kier alpha value is -2.77. The summed E-state index contributed by atoms with van der Waals surface area (Å²) in [5.74, 6) is -2.67. The molecule has 112 valence electrons. The van der Waals surface area contributed by atoms with Crippen LogP contribution in [0.15, 0.2) is 47.5 Å². The number of nitrogens with zero attached hydrogens (tertiary/aromatic N) is 1. The lowest BCUT2D eigenvalue weighted by Gasteiger charge is -1.98. The number of hydrogen-bond donors (Lipinski definition) is 3. The smallest absolute Gasteiger partial charge is 0.475 e. The highest BCUT2D eigenvalue weighted by Gasteiger charge is 2.38. The largest absolute Gasteiger partial charge is 0.490 e. The number of aliphatic imine (C=N–C) groups is 1. The Labute approximate surface area is 117 Å². The number of nitrogens with two attached hydrogens (primary N) is 2. The van der Waals surface area contributed by atoms with E-state index in [1.54, 1.807) is 0 Å². The number of benzene rings is 2. The van der Waals surface area contributed by atoms with E-state index in [0.29, 0.717) is 0 Å². The van der Waals surface area contributed by atoms with Crippen molar-refractivity contribution in [2.45, 2.75) is 6.18 Å². The van der Waals surface area contributed by atoms with Crippen molar-refractivity contribution in [2.24, 2.45) is 16.5 Å². The molecule has 2 aromatic rings. The van der Waals surface area contributed by atoms with E-state index < -0.39 is 12.1 Å². The number of alkyl halides is 3. The number of fused-ring (bicyclic) bond motifs is 1. The third kappa shape index (κ3) is 5.39. The van der Waals surface area contributed by atoms with Gasteiger partial charge in [0.05, 0.1) is 5.69 Å². The summed E-state index contributed by atoms with van der Waals surface area (Å²) in [6.45, 7) is 0. The molecule has 21 heavy (non-hydrogen) atoms. The van der Waals surface area contributed by atoms with Crippen molar-refractivity contribution in [1.82, 2.24) is 0 Å². The van der Waals surface area contributed by atoms with Crippen molar-refractivity contribution < 1.29 is 23.1 Å². The van der Waals surface area contributed by atoms with Gasteiger partial charge in [-0.25, -0.2) is 9.79 Å². The van der Waals surface area contributed by atoms with Gasteiger partial charge < -0.3 is 16.6 Å². The molecule has 0 heterocycles. The Morgan fingerprint density at radius 2 is 1.57 bits per heavy atom. The zero-order valence-electron chi connectivity index (χ0n) is 10.6. The summed E-state index contributed by atoms with van der Waals surface area (Å²) >= 11 is 0. The maximum absolute atomic E-state index is 10.6. The maximum atomic E-state index is 10.6. The van der Waals surface area contributed by atoms with Gasteiger partial charge in [0.1, 0.15) is 0 Å². The molecule has 0 saturated heterocycles. The lowest BCUT2D eigenvalue weighted by atomic mass is 10.1. The average Bonchev–Trinajstić information content (AvgIpc) is 2.37. The Balaban J connectivity index is 0.000000270. The minimum absolute atomic E-state index is 0.0836. The molecule has 0 fully saturated rings. The van der Waals surface area contributed by atoms with Crippen LogP contribution in [0.2, 0.25) is 0 Å². The first kappa shape index (κ1) is 16.3. The second kappa shape index (κ2) is 6.60. The van der Waals surface area contributed by atoms with Crippen LogP contribution in [-0.2, 0) is 4.79 Å². The molecule has 0 radical (unpaired) electrons. The number of carboxylic acids is 1. The fourth-order valence-electron chi connectivity index (χ4n) is 1.40. The van der Waals surface area contributed by atoms with Crippen LogP contribution < -0.4 is 11.5 Å². The van der Waals surface area contributed by atoms with Gasteiger partial charge in [-0.15, -0.1) is 0 Å². The summed E-state index contributed by atoms with van der Waals surface area (Å²) in [5, 5.41) is 9.44. The number of carbonyl (C=O) groups is 1. The Morgan fingerprint density at radius 3 is 2.05 bits per heavy atom. The summed E-state index contributed by atoms with van der Waals surface area (Å²) in [4.78, 5) is 12.9. The molecular formula is C13H12F3N3O2. The maximum Gasteiger partial charge on any atom is 0.490 e. The molecule has 5 nitrogen and oxygen atoms in total. The van der Waals surface area contributed by atoms with E-state index in [1.807, 2.05) is 36.4 Å². The highest BCUT2D eigenvalue weighted by molar-refractivity contribution is 5.87. The van der Waals surface area contributed by atoms with Gasteiger partial charge in [0.15, 0.2) is 5.96 Å². The minimum Gasteiger partial charge on any atom is -0.475 e. The van der Waals surface area contributed by atoms with Gasteiger partial charge in [-0.2, -0.15) is 13.2 Å². The van der Waals surface area contributed by atoms with Crippen LogP contribution in [0.4, 0.5) is 18.9 Å². The van der Waals surface area contributed by atoms with Crippen molar-refractivity contribution >= 4 is 28.4 Å². The molecule has 0 aromatic heterocycles. The molecule has 2 rings (SSSR count). The topological polar surface area (TPSA) is 102 Å². The molecule has 0 spiro atoms.